The third-order valence-electron chi connectivity index (χ3n) is 5.82. The van der Waals surface area contributed by atoms with Crippen LogP contribution in [0.25, 0.3) is 0 Å². The zero-order valence-electron chi connectivity index (χ0n) is 22.2. The van der Waals surface area contributed by atoms with E-state index < -0.39 is 60.2 Å². The summed E-state index contributed by atoms with van der Waals surface area (Å²) in [7, 11) is 0. The summed E-state index contributed by atoms with van der Waals surface area (Å²) in [6.45, 7) is 0.158. The highest BCUT2D eigenvalue weighted by molar-refractivity contribution is 5.94. The molecular formula is C25H35N9O7. The van der Waals surface area contributed by atoms with E-state index in [1.165, 1.54) is 12.5 Å². The Morgan fingerprint density at radius 2 is 1.54 bits per heavy atom. The summed E-state index contributed by atoms with van der Waals surface area (Å²) in [5.41, 5.74) is 17.9. The molecule has 0 aliphatic rings. The zero-order chi connectivity index (χ0) is 30.4. The number of H-pyrrole nitrogens is 1. The van der Waals surface area contributed by atoms with E-state index in [-0.39, 0.29) is 38.2 Å². The highest BCUT2D eigenvalue weighted by atomic mass is 16.4. The summed E-state index contributed by atoms with van der Waals surface area (Å²) >= 11 is 0. The van der Waals surface area contributed by atoms with Gasteiger partial charge in [-0.05, 0) is 18.4 Å². The Bertz CT molecular complexity index is 1200. The van der Waals surface area contributed by atoms with Gasteiger partial charge in [0.1, 0.15) is 18.1 Å². The molecule has 4 atom stereocenters. The number of rotatable bonds is 17. The average molecular weight is 574 g/mol. The number of carboxylic acid groups (broad SMARTS) is 2. The summed E-state index contributed by atoms with van der Waals surface area (Å²) in [6.07, 6.45) is 2.49. The third kappa shape index (κ3) is 11.7. The van der Waals surface area contributed by atoms with E-state index in [1.807, 2.05) is 0 Å². The molecule has 1 aromatic heterocycles. The fourth-order valence-corrected chi connectivity index (χ4v) is 3.76. The minimum absolute atomic E-state index is 0.0498. The van der Waals surface area contributed by atoms with E-state index in [0.29, 0.717) is 11.3 Å². The van der Waals surface area contributed by atoms with E-state index in [0.717, 1.165) is 0 Å². The topological polar surface area (TPSA) is 281 Å². The van der Waals surface area contributed by atoms with Crippen LogP contribution in [0.4, 0.5) is 0 Å². The second-order valence-corrected chi connectivity index (χ2v) is 9.15. The molecule has 0 saturated carbocycles. The number of nitrogens with one attached hydrogen (secondary N) is 4. The van der Waals surface area contributed by atoms with Crippen molar-refractivity contribution in [1.82, 2.24) is 25.9 Å². The molecule has 0 saturated heterocycles. The molecule has 2 aromatic rings. The number of nitrogens with two attached hydrogens (primary N) is 3. The van der Waals surface area contributed by atoms with Gasteiger partial charge in [0.05, 0.1) is 18.8 Å². The maximum absolute atomic E-state index is 13.4. The number of benzene rings is 1. The maximum Gasteiger partial charge on any atom is 0.326 e. The van der Waals surface area contributed by atoms with Crippen molar-refractivity contribution in [2.45, 2.75) is 56.3 Å². The average Bonchev–Trinajstić information content (AvgIpc) is 3.42. The lowest BCUT2D eigenvalue weighted by atomic mass is 10.0. The first-order chi connectivity index (χ1) is 19.5. The number of amides is 3. The van der Waals surface area contributed by atoms with Crippen LogP contribution in [0.15, 0.2) is 47.8 Å². The van der Waals surface area contributed by atoms with Crippen LogP contribution in [-0.4, -0.2) is 86.5 Å². The molecule has 41 heavy (non-hydrogen) atoms. The van der Waals surface area contributed by atoms with E-state index >= 15 is 0 Å². The number of carboxylic acids is 2. The fraction of sp³-hybridized carbons (Fsp3) is 0.400. The van der Waals surface area contributed by atoms with Crippen molar-refractivity contribution in [3.05, 3.63) is 54.1 Å². The molecule has 12 N–H and O–H groups in total. The number of carbonyl (C=O) groups excluding carboxylic acids is 3. The number of guanidine groups is 1. The van der Waals surface area contributed by atoms with Crippen LogP contribution in [-0.2, 0) is 36.8 Å². The molecule has 0 spiro atoms. The number of carbonyl (C=O) groups is 5. The van der Waals surface area contributed by atoms with Gasteiger partial charge in [0.15, 0.2) is 5.96 Å². The van der Waals surface area contributed by atoms with Crippen molar-refractivity contribution in [2.75, 3.05) is 6.54 Å². The molecule has 3 amide bonds. The van der Waals surface area contributed by atoms with Crippen molar-refractivity contribution < 1.29 is 34.2 Å². The number of hydrogen-bond donors (Lipinski definition) is 9. The van der Waals surface area contributed by atoms with E-state index in [4.69, 9.17) is 22.3 Å². The smallest absolute Gasteiger partial charge is 0.326 e. The Labute approximate surface area is 235 Å². The zero-order valence-corrected chi connectivity index (χ0v) is 22.2. The lowest BCUT2D eigenvalue weighted by Gasteiger charge is -2.25. The Morgan fingerprint density at radius 3 is 2.12 bits per heavy atom. The monoisotopic (exact) mass is 573 g/mol. The summed E-state index contributed by atoms with van der Waals surface area (Å²) in [5.74, 6) is -5.45. The largest absolute Gasteiger partial charge is 0.481 e. The number of aliphatic imine (C=N–C) groups is 1. The second kappa shape index (κ2) is 16.2. The van der Waals surface area contributed by atoms with Gasteiger partial charge in [-0.25, -0.2) is 9.78 Å². The minimum atomic E-state index is -1.73. The SMILES string of the molecule is NC(N)=NCCCC(NC(=O)C(N)Cc1cnc[nH]1)C(=O)NC(Cc1ccccc1)C(=O)NC(CC(=O)O)C(=O)O. The lowest BCUT2D eigenvalue weighted by molar-refractivity contribution is -0.147. The molecule has 222 valence electrons. The quantitative estimate of drug-likeness (QED) is 0.0545. The van der Waals surface area contributed by atoms with Gasteiger partial charge >= 0.3 is 11.9 Å². The number of aromatic amines is 1. The molecule has 0 aliphatic carbocycles. The van der Waals surface area contributed by atoms with E-state index in [1.54, 1.807) is 30.3 Å². The van der Waals surface area contributed by atoms with Crippen LogP contribution in [0.1, 0.15) is 30.5 Å². The molecule has 2 rings (SSSR count). The maximum atomic E-state index is 13.4. The van der Waals surface area contributed by atoms with Crippen LogP contribution in [0.5, 0.6) is 0 Å². The Hall–Kier alpha value is -4.99. The normalized spacial score (nSPS) is 13.6. The first-order valence-corrected chi connectivity index (χ1v) is 12.6. The van der Waals surface area contributed by atoms with Gasteiger partial charge in [0, 0.05) is 31.3 Å². The number of hydrogen-bond acceptors (Lipinski definition) is 8. The molecule has 4 unspecified atom stereocenters. The van der Waals surface area contributed by atoms with Gasteiger partial charge in [-0.1, -0.05) is 30.3 Å². The summed E-state index contributed by atoms with van der Waals surface area (Å²) < 4.78 is 0. The summed E-state index contributed by atoms with van der Waals surface area (Å²) in [5, 5.41) is 25.7. The summed E-state index contributed by atoms with van der Waals surface area (Å²) in [4.78, 5) is 72.5. The molecule has 1 heterocycles. The first-order valence-electron chi connectivity index (χ1n) is 12.6. The van der Waals surface area contributed by atoms with Gasteiger partial charge in [-0.2, -0.15) is 0 Å². The number of aromatic nitrogens is 2. The number of imidazole rings is 1. The van der Waals surface area contributed by atoms with Crippen molar-refractivity contribution in [3.8, 4) is 0 Å². The van der Waals surface area contributed by atoms with Gasteiger partial charge in [-0.15, -0.1) is 0 Å². The highest BCUT2D eigenvalue weighted by Gasteiger charge is 2.31. The molecule has 16 heteroatoms. The van der Waals surface area contributed by atoms with Gasteiger partial charge < -0.3 is 48.3 Å². The standard InChI is InChI=1S/C25H35N9O7/c26-16(10-15-12-29-13-31-15)21(37)32-17(7-4-8-30-25(27)28)22(38)33-18(9-14-5-2-1-3-6-14)23(39)34-19(24(40)41)11-20(35)36/h1-3,5-6,12-13,16-19H,4,7-11,26H2,(H,29,31)(H,32,37)(H,33,38)(H,34,39)(H,35,36)(H,40,41)(H4,27,28,30). The van der Waals surface area contributed by atoms with Crippen molar-refractivity contribution >= 4 is 35.6 Å². The Balaban J connectivity index is 2.23. The lowest BCUT2D eigenvalue weighted by Crippen LogP contribution is -2.58. The minimum Gasteiger partial charge on any atom is -0.481 e. The highest BCUT2D eigenvalue weighted by Crippen LogP contribution is 2.07. The molecule has 0 radical (unpaired) electrons. The van der Waals surface area contributed by atoms with Gasteiger partial charge in [0.25, 0.3) is 0 Å². The van der Waals surface area contributed by atoms with Crippen molar-refractivity contribution in [2.24, 2.45) is 22.2 Å². The van der Waals surface area contributed by atoms with Gasteiger partial charge in [-0.3, -0.25) is 24.2 Å². The first kappa shape index (κ1) is 32.2. The molecule has 1 aromatic carbocycles. The fourth-order valence-electron chi connectivity index (χ4n) is 3.76. The third-order valence-corrected chi connectivity index (χ3v) is 5.82. The van der Waals surface area contributed by atoms with Crippen LogP contribution in [0.3, 0.4) is 0 Å². The van der Waals surface area contributed by atoms with Crippen LogP contribution < -0.4 is 33.2 Å². The van der Waals surface area contributed by atoms with Crippen LogP contribution >= 0.6 is 0 Å². The number of aliphatic carboxylic acids is 2. The van der Waals surface area contributed by atoms with Crippen molar-refractivity contribution in [1.29, 1.82) is 0 Å². The predicted molar refractivity (Wildman–Crippen MR) is 146 cm³/mol. The van der Waals surface area contributed by atoms with Crippen LogP contribution in [0.2, 0.25) is 0 Å². The molecule has 0 fully saturated rings. The second-order valence-electron chi connectivity index (χ2n) is 9.15. The van der Waals surface area contributed by atoms with E-state index in [9.17, 15) is 29.1 Å². The Morgan fingerprint density at radius 1 is 0.902 bits per heavy atom. The van der Waals surface area contributed by atoms with E-state index in [2.05, 4.69) is 30.9 Å². The molecule has 0 bridgehead atoms. The Kier molecular flexibility index (Phi) is 12.7. The summed E-state index contributed by atoms with van der Waals surface area (Å²) in [6, 6.07) is 3.34. The van der Waals surface area contributed by atoms with Crippen LogP contribution in [0, 0.1) is 0 Å². The predicted octanol–water partition coefficient (Wildman–Crippen LogP) is -2.41. The molecule has 0 aliphatic heterocycles. The van der Waals surface area contributed by atoms with Gasteiger partial charge in [0.2, 0.25) is 17.7 Å². The van der Waals surface area contributed by atoms with Crippen molar-refractivity contribution in [3.63, 3.8) is 0 Å². The molecular weight excluding hydrogens is 538 g/mol. The number of nitrogens with zero attached hydrogens (tertiary/aromatic N) is 2. The molecule has 16 nitrogen and oxygen atoms in total.